The minimum atomic E-state index is 0.0122. The van der Waals surface area contributed by atoms with Gasteiger partial charge in [0.25, 0.3) is 0 Å². The van der Waals surface area contributed by atoms with E-state index in [9.17, 15) is 4.79 Å². The van der Waals surface area contributed by atoms with Crippen LogP contribution in [0.25, 0.3) is 0 Å². The standard InChI is InChI=1S/C15H26BrNO2/c1-2-19-14(18)13-5-9-17(10-6-13)12-15(11-16)7-3-4-8-15/h13H,2-12H2,1H3. The molecule has 1 heterocycles. The summed E-state index contributed by atoms with van der Waals surface area (Å²) in [7, 11) is 0. The van der Waals surface area contributed by atoms with Gasteiger partial charge in [-0.2, -0.15) is 0 Å². The molecule has 0 bridgehead atoms. The van der Waals surface area contributed by atoms with Gasteiger partial charge in [-0.1, -0.05) is 28.8 Å². The first kappa shape index (κ1) is 15.3. The van der Waals surface area contributed by atoms with Crippen molar-refractivity contribution < 1.29 is 9.53 Å². The topological polar surface area (TPSA) is 29.5 Å². The lowest BCUT2D eigenvalue weighted by molar-refractivity contribution is -0.149. The second-order valence-corrected chi connectivity index (χ2v) is 6.70. The van der Waals surface area contributed by atoms with Crippen LogP contribution in [0.1, 0.15) is 45.4 Å². The van der Waals surface area contributed by atoms with Gasteiger partial charge in [0.2, 0.25) is 0 Å². The summed E-state index contributed by atoms with van der Waals surface area (Å²) in [6.45, 7) is 5.70. The van der Waals surface area contributed by atoms with Crippen molar-refractivity contribution >= 4 is 21.9 Å². The number of piperidine rings is 1. The first-order valence-electron chi connectivity index (χ1n) is 7.64. The van der Waals surface area contributed by atoms with Crippen molar-refractivity contribution in [1.82, 2.24) is 4.90 Å². The molecule has 0 aromatic heterocycles. The van der Waals surface area contributed by atoms with Crippen molar-refractivity contribution in [3.05, 3.63) is 0 Å². The van der Waals surface area contributed by atoms with E-state index in [-0.39, 0.29) is 11.9 Å². The molecule has 1 aliphatic carbocycles. The molecule has 0 aromatic carbocycles. The third-order valence-electron chi connectivity index (χ3n) is 4.71. The van der Waals surface area contributed by atoms with Crippen LogP contribution in [0.3, 0.4) is 0 Å². The number of likely N-dealkylation sites (tertiary alicyclic amines) is 1. The third kappa shape index (κ3) is 3.94. The predicted molar refractivity (Wildman–Crippen MR) is 80.5 cm³/mol. The summed E-state index contributed by atoms with van der Waals surface area (Å²) in [5.41, 5.74) is 0.497. The van der Waals surface area contributed by atoms with Gasteiger partial charge in [-0.3, -0.25) is 4.79 Å². The molecule has 4 heteroatoms. The van der Waals surface area contributed by atoms with E-state index in [0.717, 1.165) is 31.3 Å². The van der Waals surface area contributed by atoms with Crippen LogP contribution < -0.4 is 0 Å². The highest BCUT2D eigenvalue weighted by Gasteiger charge is 2.36. The van der Waals surface area contributed by atoms with E-state index < -0.39 is 0 Å². The summed E-state index contributed by atoms with van der Waals surface area (Å²) in [6.07, 6.45) is 7.41. The van der Waals surface area contributed by atoms with Crippen LogP contribution in [0.5, 0.6) is 0 Å². The van der Waals surface area contributed by atoms with Crippen molar-refractivity contribution in [3.8, 4) is 0 Å². The number of carbonyl (C=O) groups excluding carboxylic acids is 1. The van der Waals surface area contributed by atoms with Crippen LogP contribution in [0.15, 0.2) is 0 Å². The molecule has 2 aliphatic rings. The highest BCUT2D eigenvalue weighted by molar-refractivity contribution is 9.09. The second kappa shape index (κ2) is 7.07. The third-order valence-corrected chi connectivity index (χ3v) is 5.90. The zero-order valence-electron chi connectivity index (χ0n) is 12.0. The fourth-order valence-corrected chi connectivity index (χ4v) is 4.26. The van der Waals surface area contributed by atoms with Gasteiger partial charge in [0.1, 0.15) is 0 Å². The molecule has 0 amide bonds. The average molecular weight is 332 g/mol. The van der Waals surface area contributed by atoms with Crippen molar-refractivity contribution in [3.63, 3.8) is 0 Å². The summed E-state index contributed by atoms with van der Waals surface area (Å²) in [5, 5.41) is 1.12. The summed E-state index contributed by atoms with van der Waals surface area (Å²) in [4.78, 5) is 14.3. The Kier molecular flexibility index (Phi) is 5.70. The minimum Gasteiger partial charge on any atom is -0.466 e. The monoisotopic (exact) mass is 331 g/mol. The average Bonchev–Trinajstić information content (AvgIpc) is 2.89. The number of hydrogen-bond donors (Lipinski definition) is 0. The van der Waals surface area contributed by atoms with Crippen molar-refractivity contribution in [2.24, 2.45) is 11.3 Å². The molecular weight excluding hydrogens is 306 g/mol. The quantitative estimate of drug-likeness (QED) is 0.572. The van der Waals surface area contributed by atoms with Crippen molar-refractivity contribution in [2.75, 3.05) is 31.6 Å². The molecule has 0 aromatic rings. The molecule has 2 rings (SSSR count). The number of carbonyl (C=O) groups is 1. The second-order valence-electron chi connectivity index (χ2n) is 6.14. The van der Waals surface area contributed by atoms with Gasteiger partial charge < -0.3 is 9.64 Å². The Balaban J connectivity index is 1.78. The number of ether oxygens (including phenoxy) is 1. The predicted octanol–water partition coefficient (Wildman–Crippen LogP) is 3.22. The van der Waals surface area contributed by atoms with Gasteiger partial charge in [0, 0.05) is 11.9 Å². The van der Waals surface area contributed by atoms with Crippen LogP contribution in [0.2, 0.25) is 0 Å². The molecule has 19 heavy (non-hydrogen) atoms. The fourth-order valence-electron chi connectivity index (χ4n) is 3.52. The number of alkyl halides is 1. The van der Waals surface area contributed by atoms with Crippen LogP contribution >= 0.6 is 15.9 Å². The lowest BCUT2D eigenvalue weighted by Crippen LogP contribution is -2.43. The Bertz CT molecular complexity index is 295. The fraction of sp³-hybridized carbons (Fsp3) is 0.933. The van der Waals surface area contributed by atoms with Crippen molar-refractivity contribution in [1.29, 1.82) is 0 Å². The van der Waals surface area contributed by atoms with Crippen molar-refractivity contribution in [2.45, 2.75) is 45.4 Å². The maximum atomic E-state index is 11.7. The number of halogens is 1. The minimum absolute atomic E-state index is 0.0122. The maximum Gasteiger partial charge on any atom is 0.309 e. The summed E-state index contributed by atoms with van der Waals surface area (Å²) < 4.78 is 5.13. The van der Waals surface area contributed by atoms with E-state index in [2.05, 4.69) is 20.8 Å². The SMILES string of the molecule is CCOC(=O)C1CCN(CC2(CBr)CCCC2)CC1. The first-order chi connectivity index (χ1) is 9.19. The summed E-state index contributed by atoms with van der Waals surface area (Å²) in [5.74, 6) is 0.151. The van der Waals surface area contributed by atoms with Gasteiger partial charge in [-0.05, 0) is 51.1 Å². The lowest BCUT2D eigenvalue weighted by Gasteiger charge is -2.37. The van der Waals surface area contributed by atoms with E-state index in [4.69, 9.17) is 4.74 Å². The smallest absolute Gasteiger partial charge is 0.309 e. The van der Waals surface area contributed by atoms with Gasteiger partial charge in [0.15, 0.2) is 0 Å². The zero-order chi connectivity index (χ0) is 13.7. The molecule has 0 spiro atoms. The number of rotatable bonds is 5. The van der Waals surface area contributed by atoms with E-state index >= 15 is 0 Å². The molecule has 0 atom stereocenters. The zero-order valence-corrected chi connectivity index (χ0v) is 13.6. The van der Waals surface area contributed by atoms with E-state index in [1.165, 1.54) is 32.2 Å². The summed E-state index contributed by atoms with van der Waals surface area (Å²) in [6, 6.07) is 0. The molecule has 2 fully saturated rings. The molecule has 1 saturated carbocycles. The van der Waals surface area contributed by atoms with Gasteiger partial charge >= 0.3 is 5.97 Å². The van der Waals surface area contributed by atoms with Gasteiger partial charge in [-0.25, -0.2) is 0 Å². The van der Waals surface area contributed by atoms with Crippen LogP contribution in [-0.4, -0.2) is 42.4 Å². The largest absolute Gasteiger partial charge is 0.466 e. The number of nitrogens with zero attached hydrogens (tertiary/aromatic N) is 1. The molecule has 1 saturated heterocycles. The molecule has 1 aliphatic heterocycles. The van der Waals surface area contributed by atoms with Crippen LogP contribution in [0.4, 0.5) is 0 Å². The Morgan fingerprint density at radius 3 is 2.47 bits per heavy atom. The highest BCUT2D eigenvalue weighted by atomic mass is 79.9. The van der Waals surface area contributed by atoms with E-state index in [0.29, 0.717) is 12.0 Å². The number of esters is 1. The molecule has 0 N–H and O–H groups in total. The Labute approximate surface area is 125 Å². The Morgan fingerprint density at radius 2 is 1.95 bits per heavy atom. The maximum absolute atomic E-state index is 11.7. The van der Waals surface area contributed by atoms with E-state index in [1.807, 2.05) is 6.92 Å². The molecular formula is C15H26BrNO2. The molecule has 110 valence electrons. The molecule has 3 nitrogen and oxygen atoms in total. The van der Waals surface area contributed by atoms with Crippen LogP contribution in [-0.2, 0) is 9.53 Å². The summed E-state index contributed by atoms with van der Waals surface area (Å²) >= 11 is 3.72. The van der Waals surface area contributed by atoms with Gasteiger partial charge in [0.05, 0.1) is 12.5 Å². The molecule has 0 radical (unpaired) electrons. The Morgan fingerprint density at radius 1 is 1.32 bits per heavy atom. The lowest BCUT2D eigenvalue weighted by atomic mass is 9.86. The number of hydrogen-bond acceptors (Lipinski definition) is 3. The van der Waals surface area contributed by atoms with E-state index in [1.54, 1.807) is 0 Å². The molecule has 0 unspecified atom stereocenters. The highest BCUT2D eigenvalue weighted by Crippen LogP contribution is 2.40. The van der Waals surface area contributed by atoms with Crippen LogP contribution in [0, 0.1) is 11.3 Å². The van der Waals surface area contributed by atoms with Gasteiger partial charge in [-0.15, -0.1) is 0 Å². The normalized spacial score (nSPS) is 24.5. The Hall–Kier alpha value is -0.0900. The first-order valence-corrected chi connectivity index (χ1v) is 8.76.